The lowest BCUT2D eigenvalue weighted by atomic mass is 9.79. The molecule has 2 aliphatic rings. The zero-order valence-electron chi connectivity index (χ0n) is 15.2. The molecule has 27 heavy (non-hydrogen) atoms. The van der Waals surface area contributed by atoms with Gasteiger partial charge in [0.1, 0.15) is 5.82 Å². The second kappa shape index (κ2) is 7.26. The van der Waals surface area contributed by atoms with Gasteiger partial charge in [0.25, 0.3) is 18.6 Å². The fraction of sp³-hybridized carbons (Fsp3) is 0.526. The molecule has 1 aromatic carbocycles. The van der Waals surface area contributed by atoms with Crippen LogP contribution in [0.1, 0.15) is 24.8 Å². The van der Waals surface area contributed by atoms with Crippen molar-refractivity contribution in [2.75, 3.05) is 26.2 Å². The van der Waals surface area contributed by atoms with Gasteiger partial charge in [-0.15, -0.1) is 0 Å². The van der Waals surface area contributed by atoms with E-state index < -0.39 is 5.63 Å². The number of hydrogen-bond acceptors (Lipinski definition) is 4. The van der Waals surface area contributed by atoms with Crippen molar-refractivity contribution in [1.82, 2.24) is 15.1 Å². The minimum absolute atomic E-state index is 0.00965. The topological polar surface area (TPSA) is 73.4 Å². The Balaban J connectivity index is 1.36. The number of aromatic amines is 1. The largest absolute Gasteiger partial charge is 0.426 e. The summed E-state index contributed by atoms with van der Waals surface area (Å²) >= 11 is 0. The molecule has 0 aliphatic carbocycles. The Morgan fingerprint density at radius 1 is 1.22 bits per heavy atom. The van der Waals surface area contributed by atoms with Crippen molar-refractivity contribution < 1.29 is 18.4 Å². The number of amides is 1. The van der Waals surface area contributed by atoms with E-state index in [1.165, 1.54) is 23.0 Å². The third-order valence-electron chi connectivity index (χ3n) is 5.68. The fourth-order valence-electron chi connectivity index (χ4n) is 4.38. The van der Waals surface area contributed by atoms with E-state index in [4.69, 9.17) is 0 Å². The molecule has 144 valence electrons. The van der Waals surface area contributed by atoms with Crippen LogP contribution in [0, 0.1) is 11.2 Å². The molecule has 1 N–H and O–H groups in total. The average Bonchev–Trinajstić information content (AvgIpc) is 3.24. The molecule has 4 rings (SSSR count). The third-order valence-corrected chi connectivity index (χ3v) is 5.68. The van der Waals surface area contributed by atoms with Gasteiger partial charge in [0.15, 0.2) is 0 Å². The van der Waals surface area contributed by atoms with Crippen LogP contribution in [-0.2, 0) is 17.9 Å². The lowest BCUT2D eigenvalue weighted by Gasteiger charge is -2.40. The number of rotatable bonds is 4. The van der Waals surface area contributed by atoms with Gasteiger partial charge in [-0.25, -0.2) is 9.18 Å². The maximum atomic E-state index is 13.1. The number of piperidine rings is 1. The molecular weight excluding hydrogens is 351 g/mol. The van der Waals surface area contributed by atoms with E-state index in [1.54, 1.807) is 0 Å². The number of nitrogens with one attached hydrogen (secondary N) is 1. The zero-order valence-corrected chi connectivity index (χ0v) is 15.2. The second-order valence-corrected chi connectivity index (χ2v) is 7.78. The van der Waals surface area contributed by atoms with Crippen LogP contribution in [0.2, 0.25) is 0 Å². The lowest BCUT2D eigenvalue weighted by Crippen LogP contribution is -2.48. The molecule has 2 fully saturated rings. The molecule has 1 unspecified atom stereocenters. The van der Waals surface area contributed by atoms with Gasteiger partial charge in [-0.1, -0.05) is 16.8 Å². The van der Waals surface area contributed by atoms with Gasteiger partial charge in [0.05, 0.1) is 0 Å². The SMILES string of the molecule is O=C(C[n+]1cc(=O)o[nH]1)N1CCC2(CCCN(Cc3ccc(F)cc3)C2)C1. The first kappa shape index (κ1) is 17.9. The number of hydrogen-bond donors (Lipinski definition) is 1. The molecule has 1 aromatic heterocycles. The Kier molecular flexibility index (Phi) is 4.82. The van der Waals surface area contributed by atoms with E-state index in [0.29, 0.717) is 0 Å². The molecule has 8 heteroatoms. The first-order valence-corrected chi connectivity index (χ1v) is 9.34. The first-order chi connectivity index (χ1) is 13.0. The number of benzene rings is 1. The van der Waals surface area contributed by atoms with E-state index in [9.17, 15) is 14.0 Å². The van der Waals surface area contributed by atoms with Crippen LogP contribution in [0.4, 0.5) is 4.39 Å². The van der Waals surface area contributed by atoms with Crippen molar-refractivity contribution in [3.05, 3.63) is 52.3 Å². The highest BCUT2D eigenvalue weighted by Crippen LogP contribution is 2.39. The van der Waals surface area contributed by atoms with Crippen LogP contribution in [0.3, 0.4) is 0 Å². The summed E-state index contributed by atoms with van der Waals surface area (Å²) in [5.74, 6) is -0.222. The van der Waals surface area contributed by atoms with Crippen molar-refractivity contribution in [3.8, 4) is 0 Å². The summed E-state index contributed by atoms with van der Waals surface area (Å²) < 4.78 is 19.1. The minimum Gasteiger partial charge on any atom is -0.337 e. The summed E-state index contributed by atoms with van der Waals surface area (Å²) in [7, 11) is 0. The monoisotopic (exact) mass is 375 g/mol. The van der Waals surface area contributed by atoms with Crippen LogP contribution in [0.5, 0.6) is 0 Å². The number of carbonyl (C=O) groups is 1. The third kappa shape index (κ3) is 4.10. The normalized spacial score (nSPS) is 23.2. The fourth-order valence-corrected chi connectivity index (χ4v) is 4.38. The Hall–Kier alpha value is -2.48. The van der Waals surface area contributed by atoms with Crippen LogP contribution in [-0.4, -0.2) is 47.2 Å². The molecular formula is C19H24FN4O3+. The highest BCUT2D eigenvalue weighted by Gasteiger charge is 2.43. The summed E-state index contributed by atoms with van der Waals surface area (Å²) in [5, 5.41) is 2.42. The zero-order chi connectivity index (χ0) is 18.9. The number of carbonyl (C=O) groups excluding carboxylic acids is 1. The molecule has 7 nitrogen and oxygen atoms in total. The van der Waals surface area contributed by atoms with E-state index >= 15 is 0 Å². The minimum atomic E-state index is -0.496. The molecule has 3 heterocycles. The molecule has 0 saturated carbocycles. The first-order valence-electron chi connectivity index (χ1n) is 9.34. The summed E-state index contributed by atoms with van der Waals surface area (Å²) in [6.07, 6.45) is 4.46. The molecule has 1 atom stereocenters. The van der Waals surface area contributed by atoms with E-state index in [0.717, 1.165) is 57.5 Å². The van der Waals surface area contributed by atoms with E-state index in [1.807, 2.05) is 17.0 Å². The number of likely N-dealkylation sites (tertiary alicyclic amines) is 2. The Morgan fingerprint density at radius 2 is 2.04 bits per heavy atom. The number of nitrogens with zero attached hydrogens (tertiary/aromatic N) is 3. The molecule has 0 radical (unpaired) electrons. The quantitative estimate of drug-likeness (QED) is 0.807. The van der Waals surface area contributed by atoms with Gasteiger partial charge in [-0.3, -0.25) is 14.2 Å². The van der Waals surface area contributed by atoms with Gasteiger partial charge in [-0.05, 0) is 48.8 Å². The van der Waals surface area contributed by atoms with E-state index in [-0.39, 0.29) is 23.7 Å². The predicted molar refractivity (Wildman–Crippen MR) is 94.1 cm³/mol. The van der Waals surface area contributed by atoms with Gasteiger partial charge in [0.2, 0.25) is 0 Å². The maximum Gasteiger partial charge on any atom is 0.426 e. The molecule has 2 saturated heterocycles. The van der Waals surface area contributed by atoms with Crippen LogP contribution < -0.4 is 10.3 Å². The van der Waals surface area contributed by atoms with Crippen molar-refractivity contribution in [1.29, 1.82) is 0 Å². The molecule has 1 spiro atoms. The average molecular weight is 375 g/mol. The standard InChI is InChI=1S/C19H23FN4O3/c20-16-4-2-15(3-5-16)10-22-8-1-6-19(13-22)7-9-23(14-19)17(25)11-24-12-18(26)27-21-24/h2-5,12H,1,6-11,13-14H2/p+1. The van der Waals surface area contributed by atoms with Crippen molar-refractivity contribution in [3.63, 3.8) is 0 Å². The second-order valence-electron chi connectivity index (χ2n) is 7.78. The van der Waals surface area contributed by atoms with Crippen LogP contribution in [0.25, 0.3) is 0 Å². The number of H-pyrrole nitrogens is 1. The number of halogens is 1. The van der Waals surface area contributed by atoms with Crippen molar-refractivity contribution >= 4 is 5.91 Å². The smallest absolute Gasteiger partial charge is 0.337 e. The highest BCUT2D eigenvalue weighted by atomic mass is 19.1. The molecule has 2 aromatic rings. The lowest BCUT2D eigenvalue weighted by molar-refractivity contribution is -0.751. The Bertz CT molecular complexity index is 862. The van der Waals surface area contributed by atoms with Gasteiger partial charge in [0, 0.05) is 31.6 Å². The molecule has 2 aliphatic heterocycles. The van der Waals surface area contributed by atoms with Crippen LogP contribution >= 0.6 is 0 Å². The summed E-state index contributed by atoms with van der Waals surface area (Å²) in [6.45, 7) is 4.35. The van der Waals surface area contributed by atoms with Gasteiger partial charge < -0.3 is 4.90 Å². The maximum absolute atomic E-state index is 13.1. The highest BCUT2D eigenvalue weighted by molar-refractivity contribution is 5.75. The molecule has 1 amide bonds. The molecule has 0 bridgehead atoms. The number of aromatic nitrogens is 2. The van der Waals surface area contributed by atoms with Crippen molar-refractivity contribution in [2.24, 2.45) is 5.41 Å². The van der Waals surface area contributed by atoms with Gasteiger partial charge in [-0.2, -0.15) is 0 Å². The van der Waals surface area contributed by atoms with Crippen LogP contribution in [0.15, 0.2) is 39.8 Å². The predicted octanol–water partition coefficient (Wildman–Crippen LogP) is 0.909. The Morgan fingerprint density at radius 3 is 2.78 bits per heavy atom. The summed E-state index contributed by atoms with van der Waals surface area (Å²) in [5.41, 5.74) is 0.742. The summed E-state index contributed by atoms with van der Waals surface area (Å²) in [6, 6.07) is 6.68. The van der Waals surface area contributed by atoms with E-state index in [2.05, 4.69) is 14.7 Å². The summed E-state index contributed by atoms with van der Waals surface area (Å²) in [4.78, 5) is 27.9. The van der Waals surface area contributed by atoms with Gasteiger partial charge >= 0.3 is 5.63 Å². The van der Waals surface area contributed by atoms with Crippen molar-refractivity contribution in [2.45, 2.75) is 32.4 Å². The Labute approximate surface area is 156 Å².